The van der Waals surface area contributed by atoms with Gasteiger partial charge in [-0.15, -0.1) is 0 Å². The van der Waals surface area contributed by atoms with E-state index in [9.17, 15) is 0 Å². The molecule has 0 saturated heterocycles. The number of rotatable bonds is 7. The summed E-state index contributed by atoms with van der Waals surface area (Å²) in [5, 5.41) is 4.50. The Morgan fingerprint density at radius 1 is 0.333 bits per heavy atom. The summed E-state index contributed by atoms with van der Waals surface area (Å²) in [4.78, 5) is 12.4. The molecule has 54 heavy (non-hydrogen) atoms. The molecule has 0 saturated carbocycles. The van der Waals surface area contributed by atoms with Crippen LogP contribution in [-0.2, 0) is 0 Å². The normalized spacial score (nSPS) is 11.3. The Kier molecular flexibility index (Phi) is 7.77. The molecule has 0 fully saturated rings. The smallest absolute Gasteiger partial charge is 0.160 e. The van der Waals surface area contributed by atoms with Gasteiger partial charge in [-0.05, 0) is 82.6 Å². The van der Waals surface area contributed by atoms with Crippen molar-refractivity contribution in [1.82, 2.24) is 9.97 Å². The average Bonchev–Trinajstić information content (AvgIpc) is 3.62. The average molecular weight is 692 g/mol. The molecule has 254 valence electrons. The Hall–Kier alpha value is -7.30. The minimum Gasteiger partial charge on any atom is -0.456 e. The Morgan fingerprint density at radius 2 is 0.833 bits per heavy atom. The predicted molar refractivity (Wildman–Crippen MR) is 223 cm³/mol. The summed E-state index contributed by atoms with van der Waals surface area (Å²) in [5.74, 6) is 0.684. The third kappa shape index (κ3) is 5.86. The van der Waals surface area contributed by atoms with Crippen molar-refractivity contribution >= 4 is 49.8 Å². The maximum absolute atomic E-state index is 6.66. The standard InChI is InChI=1S/C50H33N3O/c1-4-12-34(13-5-1)36-22-25-42(26-23-36)53(41-18-8-3-9-19-41)43-27-29-45-44-28-24-40(31-48(44)54-49(45)32-43)47-33-46(51-50(52-47)37-15-6-2-7-16-37)39-21-20-35-14-10-11-17-38(35)30-39/h1-33H. The highest BCUT2D eigenvalue weighted by Crippen LogP contribution is 2.40. The number of benzene rings is 8. The number of furan rings is 1. The summed E-state index contributed by atoms with van der Waals surface area (Å²) < 4.78 is 6.66. The lowest BCUT2D eigenvalue weighted by Gasteiger charge is -2.25. The molecule has 0 aliphatic rings. The molecular formula is C50H33N3O. The quantitative estimate of drug-likeness (QED) is 0.167. The van der Waals surface area contributed by atoms with Crippen molar-refractivity contribution in [2.45, 2.75) is 0 Å². The van der Waals surface area contributed by atoms with Crippen molar-refractivity contribution < 1.29 is 4.42 Å². The minimum atomic E-state index is 0.684. The van der Waals surface area contributed by atoms with E-state index in [0.29, 0.717) is 5.82 Å². The third-order valence-electron chi connectivity index (χ3n) is 10.1. The molecule has 0 amide bonds. The van der Waals surface area contributed by atoms with Gasteiger partial charge in [-0.1, -0.05) is 133 Å². The van der Waals surface area contributed by atoms with Gasteiger partial charge in [0.1, 0.15) is 11.2 Å². The van der Waals surface area contributed by atoms with Crippen LogP contribution in [0.25, 0.3) is 77.7 Å². The molecule has 4 heteroatoms. The van der Waals surface area contributed by atoms with Gasteiger partial charge in [-0.25, -0.2) is 9.97 Å². The van der Waals surface area contributed by atoms with Crippen LogP contribution in [0.4, 0.5) is 17.1 Å². The van der Waals surface area contributed by atoms with Gasteiger partial charge in [0.25, 0.3) is 0 Å². The van der Waals surface area contributed by atoms with Gasteiger partial charge >= 0.3 is 0 Å². The molecule has 10 rings (SSSR count). The van der Waals surface area contributed by atoms with Crippen LogP contribution in [0.15, 0.2) is 205 Å². The number of fused-ring (bicyclic) bond motifs is 4. The number of nitrogens with zero attached hydrogens (tertiary/aromatic N) is 3. The highest BCUT2D eigenvalue weighted by molar-refractivity contribution is 6.07. The molecule has 0 aliphatic heterocycles. The van der Waals surface area contributed by atoms with E-state index < -0.39 is 0 Å². The molecule has 0 atom stereocenters. The van der Waals surface area contributed by atoms with Crippen molar-refractivity contribution in [1.29, 1.82) is 0 Å². The van der Waals surface area contributed by atoms with Crippen molar-refractivity contribution in [3.05, 3.63) is 200 Å². The second kappa shape index (κ2) is 13.4. The molecule has 0 bridgehead atoms. The fourth-order valence-electron chi connectivity index (χ4n) is 7.33. The Balaban J connectivity index is 1.06. The molecule has 0 radical (unpaired) electrons. The van der Waals surface area contributed by atoms with Gasteiger partial charge in [0, 0.05) is 50.6 Å². The zero-order chi connectivity index (χ0) is 35.8. The topological polar surface area (TPSA) is 42.2 Å². The van der Waals surface area contributed by atoms with E-state index in [0.717, 1.165) is 67.1 Å². The van der Waals surface area contributed by atoms with E-state index in [4.69, 9.17) is 14.4 Å². The molecule has 0 aliphatic carbocycles. The first-order valence-corrected chi connectivity index (χ1v) is 18.1. The second-order valence-corrected chi connectivity index (χ2v) is 13.5. The van der Waals surface area contributed by atoms with Gasteiger partial charge < -0.3 is 9.32 Å². The highest BCUT2D eigenvalue weighted by atomic mass is 16.3. The van der Waals surface area contributed by atoms with Crippen molar-refractivity contribution in [3.8, 4) is 45.0 Å². The summed E-state index contributed by atoms with van der Waals surface area (Å²) in [6, 6.07) is 69.7. The molecule has 10 aromatic rings. The van der Waals surface area contributed by atoms with E-state index in [2.05, 4.69) is 175 Å². The number of aromatic nitrogens is 2. The summed E-state index contributed by atoms with van der Waals surface area (Å²) in [6.07, 6.45) is 0. The minimum absolute atomic E-state index is 0.684. The van der Waals surface area contributed by atoms with Gasteiger partial charge in [0.2, 0.25) is 0 Å². The van der Waals surface area contributed by atoms with Crippen LogP contribution < -0.4 is 4.90 Å². The van der Waals surface area contributed by atoms with Crippen molar-refractivity contribution in [3.63, 3.8) is 0 Å². The maximum atomic E-state index is 6.66. The first kappa shape index (κ1) is 31.4. The van der Waals surface area contributed by atoms with E-state index in [-0.39, 0.29) is 0 Å². The van der Waals surface area contributed by atoms with E-state index in [1.165, 1.54) is 21.9 Å². The highest BCUT2D eigenvalue weighted by Gasteiger charge is 2.17. The van der Waals surface area contributed by atoms with Crippen LogP contribution in [0, 0.1) is 0 Å². The molecule has 0 unspecified atom stereocenters. The first-order valence-electron chi connectivity index (χ1n) is 18.1. The van der Waals surface area contributed by atoms with Gasteiger partial charge in [-0.2, -0.15) is 0 Å². The van der Waals surface area contributed by atoms with Crippen LogP contribution in [0.2, 0.25) is 0 Å². The fourth-order valence-corrected chi connectivity index (χ4v) is 7.33. The Labute approximate surface area is 313 Å². The monoisotopic (exact) mass is 691 g/mol. The van der Waals surface area contributed by atoms with Crippen LogP contribution in [0.3, 0.4) is 0 Å². The molecule has 0 N–H and O–H groups in total. The van der Waals surface area contributed by atoms with Crippen LogP contribution in [-0.4, -0.2) is 9.97 Å². The predicted octanol–water partition coefficient (Wildman–Crippen LogP) is 13.7. The Morgan fingerprint density at radius 3 is 1.56 bits per heavy atom. The summed E-state index contributed by atoms with van der Waals surface area (Å²) in [7, 11) is 0. The van der Waals surface area contributed by atoms with Gasteiger partial charge in [-0.3, -0.25) is 0 Å². The number of hydrogen-bond donors (Lipinski definition) is 0. The zero-order valence-corrected chi connectivity index (χ0v) is 29.3. The maximum Gasteiger partial charge on any atom is 0.160 e. The largest absolute Gasteiger partial charge is 0.456 e. The van der Waals surface area contributed by atoms with E-state index >= 15 is 0 Å². The summed E-state index contributed by atoms with van der Waals surface area (Å²) >= 11 is 0. The first-order chi connectivity index (χ1) is 26.7. The SMILES string of the molecule is c1ccc(-c2ccc(N(c3ccccc3)c3ccc4c(c3)oc3cc(-c5cc(-c6ccc7ccccc7c6)nc(-c6ccccc6)n5)ccc34)cc2)cc1. The number of anilines is 3. The van der Waals surface area contributed by atoms with Crippen LogP contribution in [0.5, 0.6) is 0 Å². The molecule has 2 aromatic heterocycles. The molecule has 2 heterocycles. The second-order valence-electron chi connectivity index (χ2n) is 13.5. The van der Waals surface area contributed by atoms with Gasteiger partial charge in [0.05, 0.1) is 11.4 Å². The summed E-state index contributed by atoms with van der Waals surface area (Å²) in [5.41, 5.74) is 11.9. The van der Waals surface area contributed by atoms with Gasteiger partial charge in [0.15, 0.2) is 5.82 Å². The van der Waals surface area contributed by atoms with E-state index in [1.54, 1.807) is 0 Å². The summed E-state index contributed by atoms with van der Waals surface area (Å²) in [6.45, 7) is 0. The molecule has 8 aromatic carbocycles. The fraction of sp³-hybridized carbons (Fsp3) is 0. The number of para-hydroxylation sites is 1. The lowest BCUT2D eigenvalue weighted by molar-refractivity contribution is 0.669. The Bertz CT molecular complexity index is 2920. The lowest BCUT2D eigenvalue weighted by Crippen LogP contribution is -2.09. The third-order valence-corrected chi connectivity index (χ3v) is 10.1. The van der Waals surface area contributed by atoms with Crippen LogP contribution >= 0.6 is 0 Å². The van der Waals surface area contributed by atoms with E-state index in [1.807, 2.05) is 30.3 Å². The zero-order valence-electron chi connectivity index (χ0n) is 29.3. The molecule has 4 nitrogen and oxygen atoms in total. The van der Waals surface area contributed by atoms with Crippen molar-refractivity contribution in [2.24, 2.45) is 0 Å². The van der Waals surface area contributed by atoms with Crippen LogP contribution in [0.1, 0.15) is 0 Å². The number of hydrogen-bond acceptors (Lipinski definition) is 4. The molecular weight excluding hydrogens is 659 g/mol. The lowest BCUT2D eigenvalue weighted by atomic mass is 10.0. The van der Waals surface area contributed by atoms with Crippen molar-refractivity contribution in [2.75, 3.05) is 4.90 Å². The molecule has 0 spiro atoms.